The zero-order chi connectivity index (χ0) is 13.4. The van der Waals surface area contributed by atoms with E-state index >= 15 is 0 Å². The van der Waals surface area contributed by atoms with Crippen molar-refractivity contribution in [3.8, 4) is 0 Å². The summed E-state index contributed by atoms with van der Waals surface area (Å²) in [7, 11) is 0. The molecule has 0 radical (unpaired) electrons. The van der Waals surface area contributed by atoms with Gasteiger partial charge in [-0.1, -0.05) is 19.1 Å². The van der Waals surface area contributed by atoms with Crippen molar-refractivity contribution in [3.05, 3.63) is 29.8 Å². The molecule has 0 aliphatic rings. The number of benzene rings is 1. The van der Waals surface area contributed by atoms with Gasteiger partial charge in [-0.05, 0) is 18.6 Å². The number of carbonyl (C=O) groups excluding carboxylic acids is 2. The van der Waals surface area contributed by atoms with Gasteiger partial charge in [-0.25, -0.2) is 0 Å². The molecule has 0 aliphatic heterocycles. The molecule has 0 unspecified atom stereocenters. The number of hydrogen-bond donors (Lipinski definition) is 3. The fraction of sp³-hybridized carbons (Fsp3) is 0.385. The third-order valence-electron chi connectivity index (χ3n) is 2.36. The SMILES string of the molecule is CCCC(=O)NCCNC(=O)c1ccccc1S. The quantitative estimate of drug-likeness (QED) is 0.541. The number of rotatable bonds is 6. The molecule has 0 bridgehead atoms. The molecule has 0 aromatic heterocycles. The van der Waals surface area contributed by atoms with Gasteiger partial charge < -0.3 is 10.6 Å². The Balaban J connectivity index is 2.30. The Hall–Kier alpha value is -1.49. The molecule has 0 spiro atoms. The molecule has 2 amide bonds. The van der Waals surface area contributed by atoms with Crippen molar-refractivity contribution in [2.45, 2.75) is 24.7 Å². The number of carbonyl (C=O) groups is 2. The summed E-state index contributed by atoms with van der Waals surface area (Å²) in [5.41, 5.74) is 0.542. The van der Waals surface area contributed by atoms with Crippen LogP contribution in [0.2, 0.25) is 0 Å². The Morgan fingerprint density at radius 3 is 2.50 bits per heavy atom. The molecule has 0 saturated heterocycles. The van der Waals surface area contributed by atoms with Gasteiger partial charge in [-0.3, -0.25) is 9.59 Å². The van der Waals surface area contributed by atoms with E-state index in [1.54, 1.807) is 18.2 Å². The molecule has 2 N–H and O–H groups in total. The maximum absolute atomic E-state index is 11.8. The standard InChI is InChI=1S/C13H18N2O2S/c1-2-5-12(16)14-8-9-15-13(17)10-6-3-4-7-11(10)18/h3-4,6-7,18H,2,5,8-9H2,1H3,(H,14,16)(H,15,17). The Bertz CT molecular complexity index is 421. The Morgan fingerprint density at radius 2 is 1.83 bits per heavy atom. The molecule has 1 aromatic rings. The lowest BCUT2D eigenvalue weighted by atomic mass is 10.2. The van der Waals surface area contributed by atoms with Crippen molar-refractivity contribution in [2.75, 3.05) is 13.1 Å². The molecule has 5 heteroatoms. The lowest BCUT2D eigenvalue weighted by molar-refractivity contribution is -0.121. The zero-order valence-electron chi connectivity index (χ0n) is 10.4. The fourth-order valence-electron chi connectivity index (χ4n) is 1.45. The highest BCUT2D eigenvalue weighted by Gasteiger charge is 2.07. The van der Waals surface area contributed by atoms with Crippen LogP contribution in [0, 0.1) is 0 Å². The fourth-order valence-corrected chi connectivity index (χ4v) is 1.72. The van der Waals surface area contributed by atoms with E-state index in [0.29, 0.717) is 30.0 Å². The summed E-state index contributed by atoms with van der Waals surface area (Å²) in [5.74, 6) is -0.160. The van der Waals surface area contributed by atoms with E-state index < -0.39 is 0 Å². The molecule has 0 atom stereocenters. The van der Waals surface area contributed by atoms with E-state index in [2.05, 4.69) is 23.3 Å². The van der Waals surface area contributed by atoms with Gasteiger partial charge in [0.25, 0.3) is 5.91 Å². The van der Waals surface area contributed by atoms with Crippen LogP contribution in [0.5, 0.6) is 0 Å². The van der Waals surface area contributed by atoms with Crippen LogP contribution in [-0.4, -0.2) is 24.9 Å². The average Bonchev–Trinajstić information content (AvgIpc) is 2.35. The number of amides is 2. The topological polar surface area (TPSA) is 58.2 Å². The Morgan fingerprint density at radius 1 is 1.17 bits per heavy atom. The van der Waals surface area contributed by atoms with Gasteiger partial charge in [0, 0.05) is 24.4 Å². The predicted octanol–water partition coefficient (Wildman–Crippen LogP) is 1.62. The third-order valence-corrected chi connectivity index (χ3v) is 2.75. The van der Waals surface area contributed by atoms with Crippen LogP contribution in [0.1, 0.15) is 30.1 Å². The highest BCUT2D eigenvalue weighted by atomic mass is 32.1. The van der Waals surface area contributed by atoms with Crippen LogP contribution in [0.4, 0.5) is 0 Å². The molecule has 0 saturated carbocycles. The maximum atomic E-state index is 11.8. The van der Waals surface area contributed by atoms with E-state index in [1.165, 1.54) is 0 Å². The van der Waals surface area contributed by atoms with E-state index in [-0.39, 0.29) is 11.8 Å². The minimum atomic E-state index is -0.176. The van der Waals surface area contributed by atoms with Crippen LogP contribution in [-0.2, 0) is 4.79 Å². The highest BCUT2D eigenvalue weighted by molar-refractivity contribution is 7.80. The van der Waals surface area contributed by atoms with Gasteiger partial charge in [0.05, 0.1) is 5.56 Å². The molecule has 1 aromatic carbocycles. The van der Waals surface area contributed by atoms with E-state index in [0.717, 1.165) is 6.42 Å². The predicted molar refractivity (Wildman–Crippen MR) is 73.9 cm³/mol. The summed E-state index contributed by atoms with van der Waals surface area (Å²) in [6, 6.07) is 7.09. The minimum Gasteiger partial charge on any atom is -0.354 e. The van der Waals surface area contributed by atoms with Gasteiger partial charge in [0.1, 0.15) is 0 Å². The van der Waals surface area contributed by atoms with Crippen molar-refractivity contribution in [2.24, 2.45) is 0 Å². The van der Waals surface area contributed by atoms with Crippen LogP contribution in [0.15, 0.2) is 29.2 Å². The second-order valence-corrected chi connectivity index (χ2v) is 4.35. The largest absolute Gasteiger partial charge is 0.354 e. The van der Waals surface area contributed by atoms with E-state index in [9.17, 15) is 9.59 Å². The summed E-state index contributed by atoms with van der Waals surface area (Å²) >= 11 is 4.21. The highest BCUT2D eigenvalue weighted by Crippen LogP contribution is 2.12. The lowest BCUT2D eigenvalue weighted by Crippen LogP contribution is -2.34. The van der Waals surface area contributed by atoms with Gasteiger partial charge in [-0.2, -0.15) is 0 Å². The Kier molecular flexibility index (Phi) is 6.28. The molecule has 4 nitrogen and oxygen atoms in total. The number of thiol groups is 1. The maximum Gasteiger partial charge on any atom is 0.252 e. The first kappa shape index (κ1) is 14.6. The van der Waals surface area contributed by atoms with Crippen LogP contribution < -0.4 is 10.6 Å². The molecule has 0 fully saturated rings. The molecule has 1 rings (SSSR count). The number of nitrogens with one attached hydrogen (secondary N) is 2. The van der Waals surface area contributed by atoms with Crippen LogP contribution in [0.3, 0.4) is 0 Å². The monoisotopic (exact) mass is 266 g/mol. The van der Waals surface area contributed by atoms with Crippen LogP contribution in [0.25, 0.3) is 0 Å². The molecule has 18 heavy (non-hydrogen) atoms. The van der Waals surface area contributed by atoms with Crippen LogP contribution >= 0.6 is 12.6 Å². The smallest absolute Gasteiger partial charge is 0.252 e. The molecular weight excluding hydrogens is 248 g/mol. The summed E-state index contributed by atoms with van der Waals surface area (Å²) in [6.45, 7) is 2.81. The second-order valence-electron chi connectivity index (χ2n) is 3.87. The molecule has 0 aliphatic carbocycles. The molecule has 98 valence electrons. The Labute approximate surface area is 113 Å². The zero-order valence-corrected chi connectivity index (χ0v) is 11.3. The molecular formula is C13H18N2O2S. The van der Waals surface area contributed by atoms with E-state index in [4.69, 9.17) is 0 Å². The minimum absolute atomic E-state index is 0.0151. The summed E-state index contributed by atoms with van der Waals surface area (Å²) in [5, 5.41) is 5.47. The van der Waals surface area contributed by atoms with Gasteiger partial charge in [-0.15, -0.1) is 12.6 Å². The van der Waals surface area contributed by atoms with Crippen molar-refractivity contribution < 1.29 is 9.59 Å². The van der Waals surface area contributed by atoms with Crippen molar-refractivity contribution in [1.29, 1.82) is 0 Å². The van der Waals surface area contributed by atoms with E-state index in [1.807, 2.05) is 13.0 Å². The molecule has 0 heterocycles. The van der Waals surface area contributed by atoms with Gasteiger partial charge in [0.2, 0.25) is 5.91 Å². The summed E-state index contributed by atoms with van der Waals surface area (Å²) in [6.07, 6.45) is 1.35. The van der Waals surface area contributed by atoms with Crippen molar-refractivity contribution in [3.63, 3.8) is 0 Å². The first-order chi connectivity index (χ1) is 8.65. The summed E-state index contributed by atoms with van der Waals surface area (Å²) < 4.78 is 0. The second kappa shape index (κ2) is 7.76. The normalized spacial score (nSPS) is 9.89. The number of hydrogen-bond acceptors (Lipinski definition) is 3. The van der Waals surface area contributed by atoms with Gasteiger partial charge in [0.15, 0.2) is 0 Å². The van der Waals surface area contributed by atoms with Gasteiger partial charge >= 0.3 is 0 Å². The van der Waals surface area contributed by atoms with Crippen molar-refractivity contribution in [1.82, 2.24) is 10.6 Å². The third kappa shape index (κ3) is 4.79. The first-order valence-corrected chi connectivity index (χ1v) is 6.42. The summed E-state index contributed by atoms with van der Waals surface area (Å²) in [4.78, 5) is 23.6. The first-order valence-electron chi connectivity index (χ1n) is 5.98. The average molecular weight is 266 g/mol. The van der Waals surface area contributed by atoms with Crippen molar-refractivity contribution >= 4 is 24.4 Å². The lowest BCUT2D eigenvalue weighted by Gasteiger charge is -2.08.